The molecule has 42 heavy (non-hydrogen) atoms. The summed E-state index contributed by atoms with van der Waals surface area (Å²) in [7, 11) is 1.66. The van der Waals surface area contributed by atoms with Gasteiger partial charge in [-0.15, -0.1) is 5.10 Å². The van der Waals surface area contributed by atoms with Gasteiger partial charge in [0, 0.05) is 24.2 Å². The van der Waals surface area contributed by atoms with Crippen LogP contribution in [0, 0.1) is 10.8 Å². The summed E-state index contributed by atoms with van der Waals surface area (Å²) < 4.78 is 54.7. The van der Waals surface area contributed by atoms with E-state index < -0.39 is 24.1 Å². The SMILES string of the molecule is C=C/C=C(\C=C)SN(C)C(=O)c1ccc(-n2ccc(OCCC3(C(F)(F)F)CC3)n2)nc1B(C)OC(C)(C)C(C)(C)C. The summed E-state index contributed by atoms with van der Waals surface area (Å²) in [6.07, 6.45) is 2.56. The molecule has 0 aliphatic heterocycles. The van der Waals surface area contributed by atoms with Crippen LogP contribution in [-0.2, 0) is 4.65 Å². The number of rotatable bonds is 13. The van der Waals surface area contributed by atoms with E-state index in [4.69, 9.17) is 14.4 Å². The number of hydrogen-bond acceptors (Lipinski definition) is 6. The Kier molecular flexibility index (Phi) is 10.1. The maximum atomic E-state index is 13.6. The number of hydrogen-bond donors (Lipinski definition) is 0. The largest absolute Gasteiger partial charge is 0.477 e. The molecule has 0 saturated heterocycles. The summed E-state index contributed by atoms with van der Waals surface area (Å²) in [6.45, 7) is 18.9. The van der Waals surface area contributed by atoms with E-state index in [0.29, 0.717) is 17.0 Å². The molecule has 1 amide bonds. The predicted molar refractivity (Wildman–Crippen MR) is 163 cm³/mol. The Balaban J connectivity index is 1.89. The lowest BCUT2D eigenvalue weighted by molar-refractivity contribution is -0.190. The minimum Gasteiger partial charge on any atom is -0.477 e. The molecular formula is C30H40BF3N4O3S. The number of allylic oxidation sites excluding steroid dienone is 3. The third-order valence-electron chi connectivity index (χ3n) is 7.90. The zero-order valence-corrected chi connectivity index (χ0v) is 26.2. The number of halogens is 3. The maximum Gasteiger partial charge on any atom is 0.394 e. The summed E-state index contributed by atoms with van der Waals surface area (Å²) in [4.78, 5) is 19.1. The van der Waals surface area contributed by atoms with Gasteiger partial charge in [-0.3, -0.25) is 9.10 Å². The number of alkyl halides is 3. The second-order valence-corrected chi connectivity index (χ2v) is 13.2. The lowest BCUT2D eigenvalue weighted by Crippen LogP contribution is -2.49. The van der Waals surface area contributed by atoms with Crippen LogP contribution < -0.4 is 10.3 Å². The molecule has 1 aliphatic rings. The Bertz CT molecular complexity index is 1330. The van der Waals surface area contributed by atoms with E-state index in [-0.39, 0.29) is 43.1 Å². The average molecular weight is 605 g/mol. The van der Waals surface area contributed by atoms with Gasteiger partial charge in [0.1, 0.15) is 0 Å². The van der Waals surface area contributed by atoms with E-state index in [0.717, 1.165) is 4.91 Å². The molecule has 1 aliphatic carbocycles. The molecule has 12 heteroatoms. The lowest BCUT2D eigenvalue weighted by Gasteiger charge is -2.40. The Morgan fingerprint density at radius 2 is 1.86 bits per heavy atom. The van der Waals surface area contributed by atoms with Crippen molar-refractivity contribution in [3.63, 3.8) is 0 Å². The number of amides is 1. The molecule has 2 heterocycles. The summed E-state index contributed by atoms with van der Waals surface area (Å²) in [5, 5.41) is 4.36. The first-order chi connectivity index (χ1) is 19.4. The van der Waals surface area contributed by atoms with Crippen molar-refractivity contribution in [1.29, 1.82) is 0 Å². The molecular weight excluding hydrogens is 564 g/mol. The van der Waals surface area contributed by atoms with Crippen LogP contribution in [0.1, 0.15) is 64.2 Å². The van der Waals surface area contributed by atoms with Crippen molar-refractivity contribution in [1.82, 2.24) is 19.1 Å². The molecule has 0 spiro atoms. The molecule has 1 fully saturated rings. The first kappa shape index (κ1) is 33.5. The van der Waals surface area contributed by atoms with Crippen molar-refractivity contribution >= 4 is 30.4 Å². The van der Waals surface area contributed by atoms with Crippen LogP contribution in [0.3, 0.4) is 0 Å². The number of ether oxygens (including phenoxy) is 1. The number of aromatic nitrogens is 3. The van der Waals surface area contributed by atoms with Gasteiger partial charge in [-0.2, -0.15) is 13.2 Å². The van der Waals surface area contributed by atoms with E-state index in [9.17, 15) is 18.0 Å². The number of carbonyl (C=O) groups is 1. The molecule has 0 unspecified atom stereocenters. The van der Waals surface area contributed by atoms with Crippen LogP contribution in [0.2, 0.25) is 6.82 Å². The molecule has 1 saturated carbocycles. The fraction of sp³-hybridized carbons (Fsp3) is 0.500. The molecule has 0 aromatic carbocycles. The molecule has 0 radical (unpaired) electrons. The minimum atomic E-state index is -4.22. The third kappa shape index (κ3) is 7.69. The second kappa shape index (κ2) is 12.7. The Morgan fingerprint density at radius 3 is 2.40 bits per heavy atom. The van der Waals surface area contributed by atoms with Gasteiger partial charge < -0.3 is 9.39 Å². The van der Waals surface area contributed by atoms with E-state index in [1.165, 1.54) is 20.9 Å². The Hall–Kier alpha value is -2.99. The molecule has 0 N–H and O–H groups in total. The fourth-order valence-corrected chi connectivity index (χ4v) is 4.80. The highest BCUT2D eigenvalue weighted by atomic mass is 32.2. The van der Waals surface area contributed by atoms with Gasteiger partial charge in [0.05, 0.1) is 28.8 Å². The molecule has 0 atom stereocenters. The number of nitrogens with zero attached hydrogens (tertiary/aromatic N) is 4. The molecule has 3 rings (SSSR count). The third-order valence-corrected chi connectivity index (χ3v) is 8.85. The van der Waals surface area contributed by atoms with Gasteiger partial charge in [-0.25, -0.2) is 9.67 Å². The van der Waals surface area contributed by atoms with Crippen molar-refractivity contribution in [3.05, 3.63) is 66.3 Å². The average Bonchev–Trinajstić information content (AvgIpc) is 3.56. The molecule has 7 nitrogen and oxygen atoms in total. The number of carbonyl (C=O) groups excluding carboxylic acids is 1. The summed E-state index contributed by atoms with van der Waals surface area (Å²) >= 11 is 1.21. The van der Waals surface area contributed by atoms with Gasteiger partial charge in [0.25, 0.3) is 5.91 Å². The highest BCUT2D eigenvalue weighted by Gasteiger charge is 2.62. The van der Waals surface area contributed by atoms with E-state index in [1.54, 1.807) is 49.7 Å². The standard InChI is InChI=1S/C30H40BF3N4O3S/c1-10-12-21(11-2)42-37(9)26(39)22-13-14-23(35-25(22)31(8)41-28(6,7)27(3,4)5)38-19-15-24(36-38)40-20-18-29(16-17-29)30(32,33)34/h10-15,19H,1-2,16-18,20H2,3-9H3/b21-12+. The van der Waals surface area contributed by atoms with Crippen molar-refractivity contribution in [2.75, 3.05) is 13.7 Å². The van der Waals surface area contributed by atoms with Gasteiger partial charge in [-0.05, 0) is 68.7 Å². The fourth-order valence-electron chi connectivity index (χ4n) is 4.07. The predicted octanol–water partition coefficient (Wildman–Crippen LogP) is 7.02. The second-order valence-electron chi connectivity index (χ2n) is 12.0. The zero-order chi connectivity index (χ0) is 31.5. The van der Waals surface area contributed by atoms with Crippen LogP contribution in [0.15, 0.2) is 60.7 Å². The molecule has 2 aromatic rings. The van der Waals surface area contributed by atoms with Crippen LogP contribution in [0.5, 0.6) is 5.88 Å². The van der Waals surface area contributed by atoms with E-state index in [2.05, 4.69) is 39.0 Å². The quantitative estimate of drug-likeness (QED) is 0.139. The Labute approximate surface area is 251 Å². The van der Waals surface area contributed by atoms with Crippen molar-refractivity contribution in [2.45, 2.75) is 72.5 Å². The summed E-state index contributed by atoms with van der Waals surface area (Å²) in [5.41, 5.74) is -1.61. The summed E-state index contributed by atoms with van der Waals surface area (Å²) in [5.74, 6) is 0.317. The first-order valence-electron chi connectivity index (χ1n) is 13.8. The normalized spacial score (nSPS) is 15.2. The number of pyridine rings is 1. The molecule has 228 valence electrons. The van der Waals surface area contributed by atoms with Gasteiger partial charge >= 0.3 is 13.1 Å². The van der Waals surface area contributed by atoms with Gasteiger partial charge in [0.2, 0.25) is 5.88 Å². The van der Waals surface area contributed by atoms with Crippen LogP contribution in [0.4, 0.5) is 13.2 Å². The van der Waals surface area contributed by atoms with Crippen LogP contribution in [-0.4, -0.2) is 57.3 Å². The van der Waals surface area contributed by atoms with Crippen molar-refractivity contribution in [2.24, 2.45) is 10.8 Å². The van der Waals surface area contributed by atoms with Crippen LogP contribution in [0.25, 0.3) is 5.82 Å². The van der Waals surface area contributed by atoms with E-state index >= 15 is 0 Å². The smallest absolute Gasteiger partial charge is 0.394 e. The molecule has 0 bridgehead atoms. The molecule has 2 aromatic heterocycles. The first-order valence-corrected chi connectivity index (χ1v) is 14.6. The van der Waals surface area contributed by atoms with Gasteiger partial charge in [0.15, 0.2) is 5.82 Å². The van der Waals surface area contributed by atoms with Crippen molar-refractivity contribution < 1.29 is 27.4 Å². The van der Waals surface area contributed by atoms with E-state index in [1.807, 2.05) is 20.7 Å². The summed E-state index contributed by atoms with van der Waals surface area (Å²) in [6, 6.07) is 4.90. The minimum absolute atomic E-state index is 0.0909. The van der Waals surface area contributed by atoms with Gasteiger partial charge in [-0.1, -0.05) is 52.9 Å². The Morgan fingerprint density at radius 1 is 1.19 bits per heavy atom. The van der Waals surface area contributed by atoms with Crippen LogP contribution >= 0.6 is 11.9 Å². The topological polar surface area (TPSA) is 69.5 Å². The zero-order valence-electron chi connectivity index (χ0n) is 25.4. The monoisotopic (exact) mass is 604 g/mol. The maximum absolute atomic E-state index is 13.6. The highest BCUT2D eigenvalue weighted by molar-refractivity contribution is 8.01. The lowest BCUT2D eigenvalue weighted by atomic mass is 9.63. The van der Waals surface area contributed by atoms with Crippen molar-refractivity contribution in [3.8, 4) is 11.7 Å². The highest BCUT2D eigenvalue weighted by Crippen LogP contribution is 2.59.